The first-order chi connectivity index (χ1) is 13.6. The maximum Gasteiger partial charge on any atom is 0.206 e. The summed E-state index contributed by atoms with van der Waals surface area (Å²) in [6.45, 7) is 0. The molecule has 4 nitrogen and oxygen atoms in total. The summed E-state index contributed by atoms with van der Waals surface area (Å²) in [5.41, 5.74) is 3.70. The number of rotatable bonds is 5. The number of nitrogens with one attached hydrogen (secondary N) is 1. The second-order valence-corrected chi connectivity index (χ2v) is 9.01. The topological polar surface area (TPSA) is 55.4 Å². The average molecular weight is 394 g/mol. The SMILES string of the molecule is COc1ccc(S(=O)(=O)c2ccc(CC3CCc4ccccc4N3)cc2)cc1. The zero-order valence-corrected chi connectivity index (χ0v) is 16.6. The molecule has 1 heterocycles. The molecule has 0 amide bonds. The zero-order chi connectivity index (χ0) is 19.6. The Hall–Kier alpha value is -2.79. The van der Waals surface area contributed by atoms with Crippen LogP contribution in [0.1, 0.15) is 17.5 Å². The van der Waals surface area contributed by atoms with Gasteiger partial charge in [-0.1, -0.05) is 30.3 Å². The highest BCUT2D eigenvalue weighted by Gasteiger charge is 2.20. The first-order valence-electron chi connectivity index (χ1n) is 9.39. The van der Waals surface area contributed by atoms with E-state index in [1.54, 1.807) is 43.5 Å². The van der Waals surface area contributed by atoms with Crippen LogP contribution in [0.5, 0.6) is 5.75 Å². The summed E-state index contributed by atoms with van der Waals surface area (Å²) < 4.78 is 30.7. The summed E-state index contributed by atoms with van der Waals surface area (Å²) in [7, 11) is -1.97. The minimum absolute atomic E-state index is 0.270. The van der Waals surface area contributed by atoms with Gasteiger partial charge in [-0.2, -0.15) is 0 Å². The van der Waals surface area contributed by atoms with Crippen molar-refractivity contribution in [3.05, 3.63) is 83.9 Å². The molecule has 1 N–H and O–H groups in total. The van der Waals surface area contributed by atoms with Crippen molar-refractivity contribution < 1.29 is 13.2 Å². The van der Waals surface area contributed by atoms with Crippen molar-refractivity contribution in [2.45, 2.75) is 35.1 Å². The Kier molecular flexibility index (Phi) is 5.09. The molecular formula is C23H23NO3S. The molecule has 3 aromatic rings. The molecule has 144 valence electrons. The van der Waals surface area contributed by atoms with E-state index in [4.69, 9.17) is 4.74 Å². The Morgan fingerprint density at radius 1 is 0.929 bits per heavy atom. The number of sulfone groups is 1. The fourth-order valence-electron chi connectivity index (χ4n) is 3.63. The van der Waals surface area contributed by atoms with Gasteiger partial charge in [-0.3, -0.25) is 0 Å². The van der Waals surface area contributed by atoms with Gasteiger partial charge in [0.05, 0.1) is 16.9 Å². The van der Waals surface area contributed by atoms with Gasteiger partial charge in [-0.05, 0) is 72.9 Å². The van der Waals surface area contributed by atoms with Gasteiger partial charge in [0.25, 0.3) is 0 Å². The molecule has 1 aliphatic rings. The highest BCUT2D eigenvalue weighted by Crippen LogP contribution is 2.27. The molecule has 0 saturated heterocycles. The number of benzene rings is 3. The number of methoxy groups -OCH3 is 1. The summed E-state index contributed by atoms with van der Waals surface area (Å²) in [6.07, 6.45) is 3.01. The Balaban J connectivity index is 1.48. The van der Waals surface area contributed by atoms with Gasteiger partial charge in [0.15, 0.2) is 0 Å². The van der Waals surface area contributed by atoms with E-state index in [1.165, 1.54) is 11.3 Å². The third kappa shape index (κ3) is 3.76. The van der Waals surface area contributed by atoms with Crippen molar-refractivity contribution in [2.24, 2.45) is 0 Å². The van der Waals surface area contributed by atoms with E-state index in [2.05, 4.69) is 23.5 Å². The second kappa shape index (κ2) is 7.68. The van der Waals surface area contributed by atoms with Gasteiger partial charge in [0.2, 0.25) is 9.84 Å². The number of anilines is 1. The molecule has 1 aliphatic heterocycles. The van der Waals surface area contributed by atoms with Gasteiger partial charge < -0.3 is 10.1 Å². The third-order valence-electron chi connectivity index (χ3n) is 5.22. The van der Waals surface area contributed by atoms with E-state index < -0.39 is 9.84 Å². The van der Waals surface area contributed by atoms with Crippen LogP contribution in [-0.2, 0) is 22.7 Å². The molecule has 1 unspecified atom stereocenters. The number of para-hydroxylation sites is 1. The van der Waals surface area contributed by atoms with Gasteiger partial charge in [0.1, 0.15) is 5.75 Å². The molecule has 0 spiro atoms. The number of hydrogen-bond acceptors (Lipinski definition) is 4. The van der Waals surface area contributed by atoms with Crippen LogP contribution in [0.25, 0.3) is 0 Å². The number of ether oxygens (including phenoxy) is 1. The highest BCUT2D eigenvalue weighted by atomic mass is 32.2. The smallest absolute Gasteiger partial charge is 0.206 e. The Morgan fingerprint density at radius 2 is 1.57 bits per heavy atom. The molecule has 5 heteroatoms. The van der Waals surface area contributed by atoms with E-state index in [9.17, 15) is 8.42 Å². The molecule has 0 bridgehead atoms. The molecule has 3 aromatic carbocycles. The lowest BCUT2D eigenvalue weighted by Gasteiger charge is -2.27. The maximum atomic E-state index is 12.8. The van der Waals surface area contributed by atoms with Crippen LogP contribution in [0, 0.1) is 0 Å². The zero-order valence-electron chi connectivity index (χ0n) is 15.8. The van der Waals surface area contributed by atoms with Crippen molar-refractivity contribution >= 4 is 15.5 Å². The van der Waals surface area contributed by atoms with Crippen molar-refractivity contribution in [1.29, 1.82) is 0 Å². The second-order valence-electron chi connectivity index (χ2n) is 7.06. The van der Waals surface area contributed by atoms with E-state index >= 15 is 0 Å². The lowest BCUT2D eigenvalue weighted by Crippen LogP contribution is -2.27. The van der Waals surface area contributed by atoms with E-state index in [-0.39, 0.29) is 4.90 Å². The Morgan fingerprint density at radius 3 is 2.25 bits per heavy atom. The fourth-order valence-corrected chi connectivity index (χ4v) is 4.90. The van der Waals surface area contributed by atoms with Crippen LogP contribution < -0.4 is 10.1 Å². The van der Waals surface area contributed by atoms with Crippen LogP contribution in [-0.4, -0.2) is 21.6 Å². The predicted octanol–water partition coefficient (Wildman–Crippen LogP) is 4.50. The first kappa shape index (κ1) is 18.6. The summed E-state index contributed by atoms with van der Waals surface area (Å²) in [4.78, 5) is 0.579. The number of aryl methyl sites for hydroxylation is 1. The lowest BCUT2D eigenvalue weighted by molar-refractivity contribution is 0.414. The van der Waals surface area contributed by atoms with Crippen LogP contribution in [0.4, 0.5) is 5.69 Å². The number of hydrogen-bond donors (Lipinski definition) is 1. The molecule has 0 fully saturated rings. The molecule has 0 aliphatic carbocycles. The summed E-state index contributed by atoms with van der Waals surface area (Å²) in [5.74, 6) is 0.635. The monoisotopic (exact) mass is 393 g/mol. The largest absolute Gasteiger partial charge is 0.497 e. The molecule has 0 radical (unpaired) electrons. The van der Waals surface area contributed by atoms with Crippen molar-refractivity contribution in [3.63, 3.8) is 0 Å². The molecule has 4 rings (SSSR count). The molecule has 28 heavy (non-hydrogen) atoms. The molecule has 0 saturated carbocycles. The number of fused-ring (bicyclic) bond motifs is 1. The van der Waals surface area contributed by atoms with Crippen molar-refractivity contribution in [2.75, 3.05) is 12.4 Å². The van der Waals surface area contributed by atoms with Gasteiger partial charge in [0, 0.05) is 11.7 Å². The van der Waals surface area contributed by atoms with Crippen LogP contribution >= 0.6 is 0 Å². The molecule has 1 atom stereocenters. The third-order valence-corrected chi connectivity index (χ3v) is 7.01. The Bertz CT molecular complexity index is 1060. The van der Waals surface area contributed by atoms with Gasteiger partial charge >= 0.3 is 0 Å². The fraction of sp³-hybridized carbons (Fsp3) is 0.217. The average Bonchev–Trinajstić information content (AvgIpc) is 2.74. The van der Waals surface area contributed by atoms with Crippen LogP contribution in [0.15, 0.2) is 82.6 Å². The minimum atomic E-state index is -3.52. The quantitative estimate of drug-likeness (QED) is 0.694. The van der Waals surface area contributed by atoms with E-state index in [1.807, 2.05) is 18.2 Å². The summed E-state index contributed by atoms with van der Waals surface area (Å²) in [5, 5.41) is 3.60. The Labute approximate surface area is 166 Å². The van der Waals surface area contributed by atoms with Crippen molar-refractivity contribution in [1.82, 2.24) is 0 Å². The first-order valence-corrected chi connectivity index (χ1v) is 10.9. The molecule has 0 aromatic heterocycles. The van der Waals surface area contributed by atoms with E-state index in [0.717, 1.165) is 24.8 Å². The highest BCUT2D eigenvalue weighted by molar-refractivity contribution is 7.91. The summed E-state index contributed by atoms with van der Waals surface area (Å²) in [6, 6.07) is 22.5. The van der Waals surface area contributed by atoms with Crippen molar-refractivity contribution in [3.8, 4) is 5.75 Å². The normalized spacial score (nSPS) is 16.1. The minimum Gasteiger partial charge on any atom is -0.497 e. The van der Waals surface area contributed by atoms with Crippen LogP contribution in [0.2, 0.25) is 0 Å². The van der Waals surface area contributed by atoms with Crippen LogP contribution in [0.3, 0.4) is 0 Å². The van der Waals surface area contributed by atoms with E-state index in [0.29, 0.717) is 16.7 Å². The maximum absolute atomic E-state index is 12.8. The standard InChI is InChI=1S/C23H23NO3S/c1-27-20-10-14-22(15-11-20)28(25,26)21-12-6-17(7-13-21)16-19-9-8-18-4-2-3-5-23(18)24-19/h2-7,10-15,19,24H,8-9,16H2,1H3. The molecular weight excluding hydrogens is 370 g/mol. The lowest BCUT2D eigenvalue weighted by atomic mass is 9.94. The summed E-state index contributed by atoms with van der Waals surface area (Å²) >= 11 is 0. The van der Waals surface area contributed by atoms with Gasteiger partial charge in [-0.25, -0.2) is 8.42 Å². The predicted molar refractivity (Wildman–Crippen MR) is 111 cm³/mol. The van der Waals surface area contributed by atoms with Gasteiger partial charge in [-0.15, -0.1) is 0 Å².